The van der Waals surface area contributed by atoms with Gasteiger partial charge in [-0.1, -0.05) is 26.7 Å². The van der Waals surface area contributed by atoms with E-state index in [0.717, 1.165) is 19.3 Å². The SMILES string of the molecule is CCC(C)C(=O)OCCCCC[Si](C)(C)O[Si](C)(C)C. The van der Waals surface area contributed by atoms with Gasteiger partial charge >= 0.3 is 5.97 Å². The lowest BCUT2D eigenvalue weighted by atomic mass is 10.1. The fourth-order valence-corrected chi connectivity index (χ4v) is 10.3. The van der Waals surface area contributed by atoms with Crippen LogP contribution in [0.1, 0.15) is 39.5 Å². The molecule has 0 bridgehead atoms. The lowest BCUT2D eigenvalue weighted by molar-refractivity contribution is -0.148. The molecule has 120 valence electrons. The van der Waals surface area contributed by atoms with Crippen LogP contribution in [0.15, 0.2) is 0 Å². The fourth-order valence-electron chi connectivity index (χ4n) is 2.19. The van der Waals surface area contributed by atoms with Crippen LogP contribution in [-0.4, -0.2) is 29.2 Å². The molecule has 0 aromatic heterocycles. The second kappa shape index (κ2) is 9.00. The smallest absolute Gasteiger partial charge is 0.308 e. The minimum absolute atomic E-state index is 0.0338. The maximum Gasteiger partial charge on any atom is 0.308 e. The zero-order chi connectivity index (χ0) is 15.8. The molecule has 0 aromatic rings. The number of hydrogen-bond acceptors (Lipinski definition) is 3. The molecule has 1 atom stereocenters. The van der Waals surface area contributed by atoms with Gasteiger partial charge < -0.3 is 8.85 Å². The highest BCUT2D eigenvalue weighted by Gasteiger charge is 2.28. The van der Waals surface area contributed by atoms with Crippen molar-refractivity contribution < 1.29 is 13.6 Å². The molecular formula is C15H34O3Si2. The Kier molecular flexibility index (Phi) is 8.94. The second-order valence-corrected chi connectivity index (χ2v) is 16.3. The van der Waals surface area contributed by atoms with E-state index < -0.39 is 16.6 Å². The monoisotopic (exact) mass is 318 g/mol. The molecule has 0 N–H and O–H groups in total. The molecule has 5 heteroatoms. The van der Waals surface area contributed by atoms with Crippen LogP contribution in [0.5, 0.6) is 0 Å². The largest absolute Gasteiger partial charge is 0.465 e. The summed E-state index contributed by atoms with van der Waals surface area (Å²) in [5.74, 6) is -0.0178. The average molecular weight is 319 g/mol. The van der Waals surface area contributed by atoms with E-state index in [4.69, 9.17) is 8.85 Å². The van der Waals surface area contributed by atoms with E-state index >= 15 is 0 Å². The van der Waals surface area contributed by atoms with Gasteiger partial charge in [-0.15, -0.1) is 0 Å². The van der Waals surface area contributed by atoms with Gasteiger partial charge in [-0.2, -0.15) is 0 Å². The van der Waals surface area contributed by atoms with Crippen molar-refractivity contribution in [3.05, 3.63) is 0 Å². The van der Waals surface area contributed by atoms with Crippen LogP contribution in [0.2, 0.25) is 38.8 Å². The van der Waals surface area contributed by atoms with Crippen LogP contribution in [0.4, 0.5) is 0 Å². The van der Waals surface area contributed by atoms with Gasteiger partial charge in [0, 0.05) is 0 Å². The van der Waals surface area contributed by atoms with Gasteiger partial charge in [0.15, 0.2) is 16.6 Å². The standard InChI is InChI=1S/C15H34O3Si2/c1-8-14(2)15(16)17-12-10-9-11-13-20(6,7)18-19(3,4)5/h14H,8-13H2,1-7H3. The molecule has 0 aliphatic heterocycles. The third kappa shape index (κ3) is 10.6. The average Bonchev–Trinajstić information content (AvgIpc) is 2.29. The summed E-state index contributed by atoms with van der Waals surface area (Å²) in [4.78, 5) is 11.5. The van der Waals surface area contributed by atoms with Crippen molar-refractivity contribution in [1.82, 2.24) is 0 Å². The second-order valence-electron chi connectivity index (χ2n) is 7.26. The number of carbonyl (C=O) groups excluding carboxylic acids is 1. The normalized spacial score (nSPS) is 14.2. The third-order valence-electron chi connectivity index (χ3n) is 3.26. The van der Waals surface area contributed by atoms with E-state index in [2.05, 4.69) is 32.7 Å². The Bertz CT molecular complexity index is 285. The van der Waals surface area contributed by atoms with E-state index in [-0.39, 0.29) is 11.9 Å². The van der Waals surface area contributed by atoms with Crippen LogP contribution in [0, 0.1) is 5.92 Å². The summed E-state index contributed by atoms with van der Waals surface area (Å²) >= 11 is 0. The van der Waals surface area contributed by atoms with Crippen molar-refractivity contribution in [1.29, 1.82) is 0 Å². The number of unbranched alkanes of at least 4 members (excludes halogenated alkanes) is 2. The molecule has 0 aliphatic rings. The third-order valence-corrected chi connectivity index (χ3v) is 9.48. The minimum Gasteiger partial charge on any atom is -0.465 e. The summed E-state index contributed by atoms with van der Waals surface area (Å²) in [6.45, 7) is 15.9. The summed E-state index contributed by atoms with van der Waals surface area (Å²) < 4.78 is 11.6. The summed E-state index contributed by atoms with van der Waals surface area (Å²) in [7, 11) is -2.90. The molecular weight excluding hydrogens is 284 g/mol. The van der Waals surface area contributed by atoms with Crippen LogP contribution >= 0.6 is 0 Å². The highest BCUT2D eigenvalue weighted by atomic mass is 28.4. The fraction of sp³-hybridized carbons (Fsp3) is 0.933. The van der Waals surface area contributed by atoms with Crippen molar-refractivity contribution in [2.24, 2.45) is 5.92 Å². The Hall–Kier alpha value is -0.136. The van der Waals surface area contributed by atoms with Gasteiger partial charge in [0.25, 0.3) is 0 Å². The highest BCUT2D eigenvalue weighted by Crippen LogP contribution is 2.21. The van der Waals surface area contributed by atoms with Gasteiger partial charge in [-0.05, 0) is 51.6 Å². The molecule has 0 saturated carbocycles. The predicted octanol–water partition coefficient (Wildman–Crippen LogP) is 4.80. The molecule has 0 saturated heterocycles. The predicted molar refractivity (Wildman–Crippen MR) is 91.0 cm³/mol. The van der Waals surface area contributed by atoms with Gasteiger partial charge in [0.2, 0.25) is 0 Å². The van der Waals surface area contributed by atoms with E-state index in [1.54, 1.807) is 0 Å². The highest BCUT2D eigenvalue weighted by molar-refractivity contribution is 6.84. The van der Waals surface area contributed by atoms with Crippen molar-refractivity contribution in [2.45, 2.75) is 78.3 Å². The van der Waals surface area contributed by atoms with E-state index in [0.29, 0.717) is 6.61 Å². The maximum atomic E-state index is 11.5. The molecule has 1 unspecified atom stereocenters. The van der Waals surface area contributed by atoms with E-state index in [1.165, 1.54) is 12.5 Å². The van der Waals surface area contributed by atoms with Gasteiger partial charge in [-0.3, -0.25) is 4.79 Å². The van der Waals surface area contributed by atoms with Crippen molar-refractivity contribution in [3.8, 4) is 0 Å². The van der Waals surface area contributed by atoms with Crippen LogP contribution < -0.4 is 0 Å². The van der Waals surface area contributed by atoms with Crippen molar-refractivity contribution in [3.63, 3.8) is 0 Å². The van der Waals surface area contributed by atoms with E-state index in [1.807, 2.05) is 13.8 Å². The Morgan fingerprint density at radius 1 is 1.05 bits per heavy atom. The van der Waals surface area contributed by atoms with Crippen molar-refractivity contribution in [2.75, 3.05) is 6.61 Å². The molecule has 0 aliphatic carbocycles. The zero-order valence-corrected chi connectivity index (χ0v) is 16.5. The Morgan fingerprint density at radius 3 is 2.15 bits per heavy atom. The van der Waals surface area contributed by atoms with Gasteiger partial charge in [0.05, 0.1) is 12.5 Å². The maximum absolute atomic E-state index is 11.5. The molecule has 0 amide bonds. The molecule has 0 heterocycles. The molecule has 3 nitrogen and oxygen atoms in total. The first-order chi connectivity index (χ1) is 9.07. The first kappa shape index (κ1) is 19.9. The number of ether oxygens (including phenoxy) is 1. The molecule has 0 spiro atoms. The molecule has 0 aromatic carbocycles. The number of esters is 1. The summed E-state index contributed by atoms with van der Waals surface area (Å²) in [6.07, 6.45) is 4.14. The quantitative estimate of drug-likeness (QED) is 0.330. The number of rotatable bonds is 10. The summed E-state index contributed by atoms with van der Waals surface area (Å²) in [6, 6.07) is 1.20. The minimum atomic E-state index is -1.49. The molecule has 0 rings (SSSR count). The van der Waals surface area contributed by atoms with Gasteiger partial charge in [-0.25, -0.2) is 0 Å². The molecule has 20 heavy (non-hydrogen) atoms. The topological polar surface area (TPSA) is 35.5 Å². The molecule has 0 fully saturated rings. The van der Waals surface area contributed by atoms with Crippen molar-refractivity contribution >= 4 is 22.6 Å². The van der Waals surface area contributed by atoms with Gasteiger partial charge in [0.1, 0.15) is 0 Å². The first-order valence-corrected chi connectivity index (χ1v) is 14.5. The van der Waals surface area contributed by atoms with Crippen LogP contribution in [0.25, 0.3) is 0 Å². The lowest BCUT2D eigenvalue weighted by Gasteiger charge is -2.31. The Labute approximate surface area is 127 Å². The van der Waals surface area contributed by atoms with Crippen LogP contribution in [-0.2, 0) is 13.6 Å². The lowest BCUT2D eigenvalue weighted by Crippen LogP contribution is -2.42. The van der Waals surface area contributed by atoms with E-state index in [9.17, 15) is 4.79 Å². The van der Waals surface area contributed by atoms with Crippen LogP contribution in [0.3, 0.4) is 0 Å². The number of carbonyl (C=O) groups is 1. The zero-order valence-electron chi connectivity index (χ0n) is 14.5. The Morgan fingerprint density at radius 2 is 1.65 bits per heavy atom. The first-order valence-electron chi connectivity index (χ1n) is 7.94. The molecule has 0 radical (unpaired) electrons. The summed E-state index contributed by atoms with van der Waals surface area (Å²) in [5, 5.41) is 0. The number of hydrogen-bond donors (Lipinski definition) is 0. The Balaban J connectivity index is 3.69. The summed E-state index contributed by atoms with van der Waals surface area (Å²) in [5.41, 5.74) is 0.